The maximum absolute atomic E-state index is 14.3. The first-order chi connectivity index (χ1) is 28.1. The van der Waals surface area contributed by atoms with Crippen molar-refractivity contribution in [3.8, 4) is 0 Å². The predicted octanol–water partition coefficient (Wildman–Crippen LogP) is 14.6. The fourth-order valence-electron chi connectivity index (χ4n) is 9.20. The SMILES string of the molecule is CC(C=CC=C(C)CC(C1=C(C)CCCC1(C)C)S(=O)(=O)c1ccc(C)cc1)=CC=CC=C(C)C=CC=C(C)CC(C1=C(C)CCCC1(C)C)S(=O)(=O)c1ccc(C)cc1. The Morgan fingerprint density at radius 3 is 1.18 bits per heavy atom. The van der Waals surface area contributed by atoms with Crippen LogP contribution in [0.15, 0.2) is 164 Å². The van der Waals surface area contributed by atoms with Crippen LogP contribution in [-0.4, -0.2) is 27.3 Å². The summed E-state index contributed by atoms with van der Waals surface area (Å²) < 4.78 is 57.0. The summed E-state index contributed by atoms with van der Waals surface area (Å²) in [5.74, 6) is 0. The molecule has 60 heavy (non-hydrogen) atoms. The van der Waals surface area contributed by atoms with Gasteiger partial charge in [-0.1, -0.05) is 157 Å². The molecule has 0 aromatic heterocycles. The molecule has 6 heteroatoms. The lowest BCUT2D eigenvalue weighted by atomic mass is 9.70. The molecule has 0 aliphatic heterocycles. The van der Waals surface area contributed by atoms with Gasteiger partial charge in [0.05, 0.1) is 20.3 Å². The predicted molar refractivity (Wildman–Crippen MR) is 257 cm³/mol. The van der Waals surface area contributed by atoms with Gasteiger partial charge < -0.3 is 0 Å². The lowest BCUT2D eigenvalue weighted by Gasteiger charge is -2.39. The second kappa shape index (κ2) is 20.7. The van der Waals surface area contributed by atoms with E-state index in [1.165, 1.54) is 11.1 Å². The van der Waals surface area contributed by atoms with Gasteiger partial charge in [0.15, 0.2) is 19.7 Å². The third-order valence-corrected chi connectivity index (χ3v) is 16.7. The van der Waals surface area contributed by atoms with Crippen molar-refractivity contribution in [1.29, 1.82) is 0 Å². The molecule has 0 N–H and O–H groups in total. The van der Waals surface area contributed by atoms with E-state index >= 15 is 0 Å². The Hall–Kier alpha value is -4.00. The van der Waals surface area contributed by atoms with Crippen molar-refractivity contribution in [3.63, 3.8) is 0 Å². The van der Waals surface area contributed by atoms with Gasteiger partial charge in [0.1, 0.15) is 0 Å². The molecule has 0 saturated carbocycles. The maximum Gasteiger partial charge on any atom is 0.185 e. The van der Waals surface area contributed by atoms with Crippen LogP contribution in [0, 0.1) is 24.7 Å². The Bertz CT molecular complexity index is 2180. The monoisotopic (exact) mass is 848 g/mol. The number of hydrogen-bond donors (Lipinski definition) is 0. The normalized spacial score (nSPS) is 19.9. The van der Waals surface area contributed by atoms with Gasteiger partial charge in [-0.3, -0.25) is 0 Å². The van der Waals surface area contributed by atoms with Gasteiger partial charge in [-0.2, -0.15) is 0 Å². The zero-order valence-corrected chi connectivity index (χ0v) is 40.3. The number of rotatable bonds is 16. The Balaban J connectivity index is 1.44. The first-order valence-corrected chi connectivity index (χ1v) is 24.9. The molecule has 0 fully saturated rings. The van der Waals surface area contributed by atoms with Gasteiger partial charge in [0.25, 0.3) is 0 Å². The van der Waals surface area contributed by atoms with E-state index in [0.717, 1.165) is 83.1 Å². The van der Waals surface area contributed by atoms with Gasteiger partial charge in [-0.05, 0) is 153 Å². The van der Waals surface area contributed by atoms with Crippen molar-refractivity contribution in [2.75, 3.05) is 0 Å². The zero-order chi connectivity index (χ0) is 44.5. The molecule has 2 atom stereocenters. The van der Waals surface area contributed by atoms with E-state index < -0.39 is 30.2 Å². The van der Waals surface area contributed by atoms with Crippen LogP contribution in [0.4, 0.5) is 0 Å². The zero-order valence-electron chi connectivity index (χ0n) is 38.7. The van der Waals surface area contributed by atoms with Gasteiger partial charge in [-0.25, -0.2) is 16.8 Å². The minimum absolute atomic E-state index is 0.175. The van der Waals surface area contributed by atoms with E-state index in [1.807, 2.05) is 88.4 Å². The highest BCUT2D eigenvalue weighted by molar-refractivity contribution is 7.92. The number of hydrogen-bond acceptors (Lipinski definition) is 4. The van der Waals surface area contributed by atoms with Crippen molar-refractivity contribution >= 4 is 19.7 Å². The van der Waals surface area contributed by atoms with Crippen molar-refractivity contribution < 1.29 is 16.8 Å². The van der Waals surface area contributed by atoms with Crippen LogP contribution < -0.4 is 0 Å². The van der Waals surface area contributed by atoms with Crippen molar-refractivity contribution in [2.45, 2.75) is 155 Å². The van der Waals surface area contributed by atoms with Crippen molar-refractivity contribution in [3.05, 3.63) is 165 Å². The average Bonchev–Trinajstić information content (AvgIpc) is 3.15. The van der Waals surface area contributed by atoms with E-state index in [-0.39, 0.29) is 10.8 Å². The van der Waals surface area contributed by atoms with Gasteiger partial charge >= 0.3 is 0 Å². The largest absolute Gasteiger partial charge is 0.223 e. The number of benzene rings is 2. The maximum atomic E-state index is 14.3. The molecule has 2 unspecified atom stereocenters. The van der Waals surface area contributed by atoms with E-state index in [0.29, 0.717) is 22.6 Å². The molecular formula is C54H72O4S2. The minimum Gasteiger partial charge on any atom is -0.223 e. The topological polar surface area (TPSA) is 68.3 Å². The second-order valence-corrected chi connectivity index (χ2v) is 23.2. The van der Waals surface area contributed by atoms with Gasteiger partial charge in [0.2, 0.25) is 0 Å². The first-order valence-electron chi connectivity index (χ1n) is 21.8. The molecule has 0 radical (unpaired) electrons. The molecular weight excluding hydrogens is 777 g/mol. The summed E-state index contributed by atoms with van der Waals surface area (Å²) in [4.78, 5) is 0.783. The molecule has 2 aliphatic carbocycles. The average molecular weight is 849 g/mol. The lowest BCUT2D eigenvalue weighted by Crippen LogP contribution is -2.34. The summed E-state index contributed by atoms with van der Waals surface area (Å²) in [5, 5.41) is -1.20. The molecule has 0 saturated heterocycles. The summed E-state index contributed by atoms with van der Waals surface area (Å²) in [6.07, 6.45) is 27.3. The van der Waals surface area contributed by atoms with E-state index in [4.69, 9.17) is 0 Å². The molecule has 2 aromatic rings. The summed E-state index contributed by atoms with van der Waals surface area (Å²) in [7, 11) is -7.20. The third-order valence-electron chi connectivity index (χ3n) is 12.5. The smallest absolute Gasteiger partial charge is 0.185 e. The molecule has 0 bridgehead atoms. The van der Waals surface area contributed by atoms with Crippen molar-refractivity contribution in [1.82, 2.24) is 0 Å². The van der Waals surface area contributed by atoms with Crippen LogP contribution in [0.2, 0.25) is 0 Å². The highest BCUT2D eigenvalue weighted by Crippen LogP contribution is 2.47. The Kier molecular flexibility index (Phi) is 16.8. The molecule has 2 aliphatic rings. The quantitative estimate of drug-likeness (QED) is 0.125. The van der Waals surface area contributed by atoms with Crippen molar-refractivity contribution in [2.24, 2.45) is 10.8 Å². The number of sulfone groups is 2. The first kappa shape index (κ1) is 48.7. The van der Waals surface area contributed by atoms with E-state index in [9.17, 15) is 16.8 Å². The molecule has 0 amide bonds. The van der Waals surface area contributed by atoms with Crippen LogP contribution in [-0.2, 0) is 19.7 Å². The summed E-state index contributed by atoms with van der Waals surface area (Å²) in [6.45, 7) is 25.2. The lowest BCUT2D eigenvalue weighted by molar-refractivity contribution is 0.353. The van der Waals surface area contributed by atoms with Crippen LogP contribution in [0.1, 0.15) is 132 Å². The summed E-state index contributed by atoms with van der Waals surface area (Å²) in [5.41, 5.74) is 10.6. The fourth-order valence-corrected chi connectivity index (χ4v) is 13.5. The highest BCUT2D eigenvalue weighted by atomic mass is 32.2. The van der Waals surface area contributed by atoms with Gasteiger partial charge in [-0.15, -0.1) is 0 Å². The van der Waals surface area contributed by atoms with Crippen LogP contribution in [0.5, 0.6) is 0 Å². The molecule has 4 rings (SSSR count). The van der Waals surface area contributed by atoms with E-state index in [1.54, 1.807) is 24.3 Å². The van der Waals surface area contributed by atoms with E-state index in [2.05, 4.69) is 79.7 Å². The highest BCUT2D eigenvalue weighted by Gasteiger charge is 2.42. The van der Waals surface area contributed by atoms with Crippen LogP contribution >= 0.6 is 0 Å². The summed E-state index contributed by atoms with van der Waals surface area (Å²) >= 11 is 0. The third kappa shape index (κ3) is 12.8. The minimum atomic E-state index is -3.60. The number of aryl methyl sites for hydroxylation is 2. The standard InChI is InChI=1S/C54H72O4S2/c1-39(21-15-23-43(5)37-49(51-45(7)25-17-35-53(51,9)10)59(55,56)47-31-27-41(3)28-32-47)19-13-14-20-40(2)22-16-24-44(6)38-50(52-46(8)26-18-36-54(52,11)12)60(57,58)48-33-29-42(4)30-34-48/h13-16,19-24,27-34,49-50H,17-18,25-26,35-38H2,1-12H3. The molecule has 0 heterocycles. The van der Waals surface area contributed by atoms with Crippen LogP contribution in [0.3, 0.4) is 0 Å². The Morgan fingerprint density at radius 2 is 0.867 bits per heavy atom. The second-order valence-electron chi connectivity index (χ2n) is 18.9. The molecule has 4 nitrogen and oxygen atoms in total. The van der Waals surface area contributed by atoms with Gasteiger partial charge in [0, 0.05) is 0 Å². The van der Waals surface area contributed by atoms with Crippen LogP contribution in [0.25, 0.3) is 0 Å². The summed E-state index contributed by atoms with van der Waals surface area (Å²) in [6, 6.07) is 14.6. The number of allylic oxidation sites excluding steroid dienone is 16. The molecule has 0 spiro atoms. The fraction of sp³-hybridized carbons (Fsp3) is 0.444. The Labute approximate surface area is 365 Å². The Morgan fingerprint density at radius 1 is 0.533 bits per heavy atom. The molecule has 2 aromatic carbocycles. The molecule has 324 valence electrons.